The third-order valence-corrected chi connectivity index (χ3v) is 2.71. The van der Waals surface area contributed by atoms with Crippen molar-refractivity contribution in [2.24, 2.45) is 0 Å². The van der Waals surface area contributed by atoms with Crippen LogP contribution in [-0.4, -0.2) is 23.8 Å². The molecule has 1 aromatic carbocycles. The maximum atomic E-state index is 12.1. The van der Waals surface area contributed by atoms with E-state index >= 15 is 0 Å². The lowest BCUT2D eigenvalue weighted by atomic mass is 10.1. The average Bonchev–Trinajstić information content (AvgIpc) is 2.87. The summed E-state index contributed by atoms with van der Waals surface area (Å²) in [5.41, 5.74) is 1.14. The van der Waals surface area contributed by atoms with E-state index in [2.05, 4.69) is 9.72 Å². The minimum absolute atomic E-state index is 0.207. The lowest BCUT2D eigenvalue weighted by molar-refractivity contribution is 0.0601. The number of ether oxygens (including phenoxy) is 1. The quantitative estimate of drug-likeness (QED) is 0.684. The van der Waals surface area contributed by atoms with Crippen LogP contribution in [0, 0.1) is 0 Å². The summed E-state index contributed by atoms with van der Waals surface area (Å²) < 4.78 is 4.56. The van der Waals surface area contributed by atoms with Gasteiger partial charge in [-0.25, -0.2) is 4.79 Å². The number of nitrogens with one attached hydrogen (secondary N) is 1. The van der Waals surface area contributed by atoms with Crippen molar-refractivity contribution in [1.82, 2.24) is 4.98 Å². The van der Waals surface area contributed by atoms with Gasteiger partial charge in [-0.3, -0.25) is 4.79 Å². The van der Waals surface area contributed by atoms with Gasteiger partial charge in [-0.15, -0.1) is 0 Å². The number of methoxy groups -OCH3 is 1. The molecule has 0 saturated carbocycles. The molecular formula is C13H10ClNO3. The first-order chi connectivity index (χ1) is 8.61. The van der Waals surface area contributed by atoms with Gasteiger partial charge in [0.05, 0.1) is 18.4 Å². The monoisotopic (exact) mass is 263 g/mol. The number of carbonyl (C=O) groups is 2. The summed E-state index contributed by atoms with van der Waals surface area (Å²) in [4.78, 5) is 26.1. The summed E-state index contributed by atoms with van der Waals surface area (Å²) in [5, 5.41) is 0.563. The van der Waals surface area contributed by atoms with Crippen LogP contribution in [0.1, 0.15) is 26.4 Å². The number of benzene rings is 1. The first kappa shape index (κ1) is 12.4. The molecule has 0 atom stereocenters. The minimum atomic E-state index is -0.485. The second-order valence-corrected chi connectivity index (χ2v) is 4.07. The summed E-state index contributed by atoms with van der Waals surface area (Å²) in [7, 11) is 1.29. The lowest BCUT2D eigenvalue weighted by Crippen LogP contribution is -2.02. The fourth-order valence-corrected chi connectivity index (χ4v) is 1.64. The van der Waals surface area contributed by atoms with E-state index in [1.54, 1.807) is 24.3 Å². The number of halogens is 1. The fraction of sp³-hybridized carbons (Fsp3) is 0.0769. The Labute approximate surface area is 109 Å². The van der Waals surface area contributed by atoms with Gasteiger partial charge in [0.2, 0.25) is 5.78 Å². The van der Waals surface area contributed by atoms with Crippen LogP contribution < -0.4 is 0 Å². The van der Waals surface area contributed by atoms with Crippen LogP contribution in [0.3, 0.4) is 0 Å². The first-order valence-corrected chi connectivity index (χ1v) is 5.56. The summed E-state index contributed by atoms with van der Waals surface area (Å²) in [5.74, 6) is -0.691. The second-order valence-electron chi connectivity index (χ2n) is 3.63. The minimum Gasteiger partial charge on any atom is -0.465 e. The molecule has 1 heterocycles. The van der Waals surface area contributed by atoms with E-state index in [1.807, 2.05) is 0 Å². The molecule has 0 fully saturated rings. The Hall–Kier alpha value is -2.07. The van der Waals surface area contributed by atoms with Gasteiger partial charge >= 0.3 is 5.97 Å². The van der Waals surface area contributed by atoms with Crippen LogP contribution in [0.15, 0.2) is 36.5 Å². The summed E-state index contributed by atoms with van der Waals surface area (Å²) in [6.45, 7) is 0. The number of hydrogen-bond donors (Lipinski definition) is 1. The number of ketones is 1. The number of H-pyrrole nitrogens is 1. The standard InChI is InChI=1S/C13H10ClNO3/c1-18-13(17)9-6-11(15-7-9)12(16)8-2-4-10(14)5-3-8/h2-7,15H,1H3. The zero-order chi connectivity index (χ0) is 13.1. The molecule has 0 amide bonds. The molecule has 0 radical (unpaired) electrons. The van der Waals surface area contributed by atoms with Crippen molar-refractivity contribution in [1.29, 1.82) is 0 Å². The van der Waals surface area contributed by atoms with Crippen molar-refractivity contribution in [3.63, 3.8) is 0 Å². The van der Waals surface area contributed by atoms with Gasteiger partial charge < -0.3 is 9.72 Å². The number of hydrogen-bond acceptors (Lipinski definition) is 3. The molecule has 92 valence electrons. The van der Waals surface area contributed by atoms with E-state index in [0.717, 1.165) is 0 Å². The number of aromatic amines is 1. The van der Waals surface area contributed by atoms with Gasteiger partial charge in [-0.1, -0.05) is 11.6 Å². The molecule has 0 saturated heterocycles. The second kappa shape index (κ2) is 5.06. The van der Waals surface area contributed by atoms with Gasteiger partial charge in [0, 0.05) is 16.8 Å². The number of carbonyl (C=O) groups excluding carboxylic acids is 2. The molecular weight excluding hydrogens is 254 g/mol. The Kier molecular flexibility index (Phi) is 3.48. The number of rotatable bonds is 3. The highest BCUT2D eigenvalue weighted by atomic mass is 35.5. The van der Waals surface area contributed by atoms with Crippen molar-refractivity contribution in [2.45, 2.75) is 0 Å². The fourth-order valence-electron chi connectivity index (χ4n) is 1.52. The smallest absolute Gasteiger partial charge is 0.339 e. The van der Waals surface area contributed by atoms with E-state index in [0.29, 0.717) is 21.8 Å². The summed E-state index contributed by atoms with van der Waals surface area (Å²) in [6, 6.07) is 7.99. The summed E-state index contributed by atoms with van der Waals surface area (Å²) in [6.07, 6.45) is 1.44. The molecule has 0 bridgehead atoms. The molecule has 4 nitrogen and oxygen atoms in total. The highest BCUT2D eigenvalue weighted by molar-refractivity contribution is 6.30. The highest BCUT2D eigenvalue weighted by Crippen LogP contribution is 2.14. The van der Waals surface area contributed by atoms with E-state index in [4.69, 9.17) is 11.6 Å². The molecule has 0 aliphatic rings. The van der Waals surface area contributed by atoms with Gasteiger partial charge in [0.15, 0.2) is 0 Å². The predicted molar refractivity (Wildman–Crippen MR) is 67.0 cm³/mol. The van der Waals surface area contributed by atoms with Crippen molar-refractivity contribution in [3.8, 4) is 0 Å². The average molecular weight is 264 g/mol. The van der Waals surface area contributed by atoms with E-state index in [1.165, 1.54) is 19.4 Å². The van der Waals surface area contributed by atoms with Crippen LogP contribution in [0.25, 0.3) is 0 Å². The van der Waals surface area contributed by atoms with Crippen molar-refractivity contribution in [2.75, 3.05) is 7.11 Å². The SMILES string of the molecule is COC(=O)c1c[nH]c(C(=O)c2ccc(Cl)cc2)c1. The van der Waals surface area contributed by atoms with Crippen molar-refractivity contribution >= 4 is 23.4 Å². The first-order valence-electron chi connectivity index (χ1n) is 5.19. The Morgan fingerprint density at radius 2 is 1.83 bits per heavy atom. The zero-order valence-electron chi connectivity index (χ0n) is 9.57. The van der Waals surface area contributed by atoms with Crippen molar-refractivity contribution < 1.29 is 14.3 Å². The molecule has 1 N–H and O–H groups in total. The molecule has 5 heteroatoms. The molecule has 0 spiro atoms. The van der Waals surface area contributed by atoms with Gasteiger partial charge in [-0.2, -0.15) is 0 Å². The van der Waals surface area contributed by atoms with Crippen LogP contribution in [-0.2, 0) is 4.74 Å². The normalized spacial score (nSPS) is 10.1. The summed E-state index contributed by atoms with van der Waals surface area (Å²) >= 11 is 5.75. The Bertz CT molecular complexity index is 587. The van der Waals surface area contributed by atoms with Crippen molar-refractivity contribution in [3.05, 3.63) is 58.4 Å². The van der Waals surface area contributed by atoms with Gasteiger partial charge in [-0.05, 0) is 30.3 Å². The van der Waals surface area contributed by atoms with E-state index in [-0.39, 0.29) is 5.78 Å². The maximum absolute atomic E-state index is 12.1. The van der Waals surface area contributed by atoms with Crippen LogP contribution >= 0.6 is 11.6 Å². The third kappa shape index (κ3) is 2.43. The predicted octanol–water partition coefficient (Wildman–Crippen LogP) is 2.69. The van der Waals surface area contributed by atoms with Gasteiger partial charge in [0.25, 0.3) is 0 Å². The molecule has 2 aromatic rings. The third-order valence-electron chi connectivity index (χ3n) is 2.46. The molecule has 0 aliphatic carbocycles. The van der Waals surface area contributed by atoms with Gasteiger partial charge in [0.1, 0.15) is 0 Å². The highest BCUT2D eigenvalue weighted by Gasteiger charge is 2.14. The Balaban J connectivity index is 2.26. The largest absolute Gasteiger partial charge is 0.465 e. The molecule has 1 aromatic heterocycles. The molecule has 2 rings (SSSR count). The van der Waals surface area contributed by atoms with Crippen LogP contribution in [0.4, 0.5) is 0 Å². The molecule has 0 aliphatic heterocycles. The number of esters is 1. The Morgan fingerprint density at radius 3 is 2.44 bits per heavy atom. The topological polar surface area (TPSA) is 59.2 Å². The number of aromatic nitrogens is 1. The molecule has 18 heavy (non-hydrogen) atoms. The maximum Gasteiger partial charge on any atom is 0.339 e. The zero-order valence-corrected chi connectivity index (χ0v) is 10.3. The van der Waals surface area contributed by atoms with Crippen LogP contribution in [0.2, 0.25) is 5.02 Å². The Morgan fingerprint density at radius 1 is 1.17 bits per heavy atom. The lowest BCUT2D eigenvalue weighted by Gasteiger charge is -1.98. The van der Waals surface area contributed by atoms with E-state index < -0.39 is 5.97 Å². The molecule has 0 unspecified atom stereocenters. The van der Waals surface area contributed by atoms with Crippen LogP contribution in [0.5, 0.6) is 0 Å². The van der Waals surface area contributed by atoms with E-state index in [9.17, 15) is 9.59 Å².